The SMILES string of the molecule is COc1ccc(CSC(CN[C@@H](C)C(=O)N2CCC[C@H]2C(=O)OC(C)(C)C)C(Cc2ccccc2)NC(=O)c2ccccc2)cc1. The predicted octanol–water partition coefficient (Wildman–Crippen LogP) is 5.65. The monoisotopic (exact) mass is 645 g/mol. The summed E-state index contributed by atoms with van der Waals surface area (Å²) in [7, 11) is 1.65. The van der Waals surface area contributed by atoms with E-state index in [0.717, 1.165) is 23.3 Å². The Labute approximate surface area is 277 Å². The number of nitrogens with zero attached hydrogens (tertiary/aromatic N) is 1. The minimum absolute atomic E-state index is 0.0922. The van der Waals surface area contributed by atoms with Crippen molar-refractivity contribution in [2.75, 3.05) is 20.2 Å². The van der Waals surface area contributed by atoms with E-state index >= 15 is 0 Å². The number of hydrogen-bond acceptors (Lipinski definition) is 7. The number of rotatable bonds is 14. The van der Waals surface area contributed by atoms with Gasteiger partial charge in [0, 0.05) is 35.7 Å². The molecule has 3 aromatic rings. The third-order valence-corrected chi connectivity index (χ3v) is 9.36. The molecule has 0 radical (unpaired) electrons. The number of carbonyl (C=O) groups excluding carboxylic acids is 3. The van der Waals surface area contributed by atoms with E-state index in [1.165, 1.54) is 0 Å². The summed E-state index contributed by atoms with van der Waals surface area (Å²) >= 11 is 1.73. The minimum Gasteiger partial charge on any atom is -0.497 e. The lowest BCUT2D eigenvalue weighted by molar-refractivity contribution is -0.163. The minimum atomic E-state index is -0.620. The summed E-state index contributed by atoms with van der Waals surface area (Å²) in [6.07, 6.45) is 1.97. The molecule has 4 atom stereocenters. The first-order valence-corrected chi connectivity index (χ1v) is 17.0. The van der Waals surface area contributed by atoms with Crippen molar-refractivity contribution in [3.8, 4) is 5.75 Å². The maximum atomic E-state index is 13.7. The maximum Gasteiger partial charge on any atom is 0.329 e. The summed E-state index contributed by atoms with van der Waals surface area (Å²) < 4.78 is 11.0. The van der Waals surface area contributed by atoms with E-state index in [-0.39, 0.29) is 29.1 Å². The van der Waals surface area contributed by atoms with E-state index in [1.807, 2.05) is 100 Å². The molecule has 1 heterocycles. The smallest absolute Gasteiger partial charge is 0.329 e. The number of nitrogens with one attached hydrogen (secondary N) is 2. The van der Waals surface area contributed by atoms with Gasteiger partial charge in [0.25, 0.3) is 5.91 Å². The molecule has 0 bridgehead atoms. The number of carbonyl (C=O) groups is 3. The number of methoxy groups -OCH3 is 1. The van der Waals surface area contributed by atoms with Crippen LogP contribution < -0.4 is 15.4 Å². The fourth-order valence-corrected chi connectivity index (χ4v) is 6.71. The van der Waals surface area contributed by atoms with Crippen LogP contribution in [0.2, 0.25) is 0 Å². The van der Waals surface area contributed by atoms with Crippen molar-refractivity contribution in [3.05, 3.63) is 102 Å². The maximum absolute atomic E-state index is 13.7. The molecule has 0 aromatic heterocycles. The molecule has 46 heavy (non-hydrogen) atoms. The average molecular weight is 646 g/mol. The first-order chi connectivity index (χ1) is 22.0. The molecule has 1 aliphatic heterocycles. The van der Waals surface area contributed by atoms with Crippen LogP contribution in [0.5, 0.6) is 5.75 Å². The molecule has 9 heteroatoms. The number of ether oxygens (including phenoxy) is 2. The van der Waals surface area contributed by atoms with Crippen LogP contribution in [0.4, 0.5) is 0 Å². The van der Waals surface area contributed by atoms with Crippen LogP contribution in [0.25, 0.3) is 0 Å². The Bertz CT molecular complexity index is 1410. The normalized spacial score (nSPS) is 16.7. The van der Waals surface area contributed by atoms with Gasteiger partial charge in [0.2, 0.25) is 5.91 Å². The Hall–Kier alpha value is -3.82. The first-order valence-electron chi connectivity index (χ1n) is 15.9. The zero-order chi connectivity index (χ0) is 33.1. The standard InChI is InChI=1S/C37H47N3O5S/c1-26(35(42)40-22-12-17-32(40)36(43)45-37(2,3)4)38-24-33(46-25-28-18-20-30(44-5)21-19-28)31(23-27-13-8-6-9-14-27)39-34(41)29-15-10-7-11-16-29/h6-11,13-16,18-21,26,31-33,38H,12,17,22-25H2,1-5H3,(H,39,41)/t26-,31?,32-,33?/m0/s1. The topological polar surface area (TPSA) is 97.0 Å². The highest BCUT2D eigenvalue weighted by atomic mass is 32.2. The Balaban J connectivity index is 1.53. The molecule has 0 aliphatic carbocycles. The van der Waals surface area contributed by atoms with E-state index in [1.54, 1.807) is 23.8 Å². The number of esters is 1. The molecule has 2 amide bonds. The molecule has 2 unspecified atom stereocenters. The molecular formula is C37H47N3O5S. The lowest BCUT2D eigenvalue weighted by Gasteiger charge is -2.32. The fraction of sp³-hybridized carbons (Fsp3) is 0.432. The highest BCUT2D eigenvalue weighted by molar-refractivity contribution is 7.99. The van der Waals surface area contributed by atoms with Gasteiger partial charge < -0.3 is 25.0 Å². The Kier molecular flexibility index (Phi) is 12.7. The molecule has 0 spiro atoms. The predicted molar refractivity (Wildman–Crippen MR) is 184 cm³/mol. The molecule has 3 aromatic carbocycles. The molecule has 1 fully saturated rings. The third kappa shape index (κ3) is 10.4. The van der Waals surface area contributed by atoms with Gasteiger partial charge in [0.1, 0.15) is 17.4 Å². The quantitative estimate of drug-likeness (QED) is 0.219. The van der Waals surface area contributed by atoms with E-state index < -0.39 is 17.7 Å². The van der Waals surface area contributed by atoms with Crippen LogP contribution in [0.3, 0.4) is 0 Å². The lowest BCUT2D eigenvalue weighted by atomic mass is 10.0. The molecule has 8 nitrogen and oxygen atoms in total. The van der Waals surface area contributed by atoms with Crippen LogP contribution in [0.15, 0.2) is 84.9 Å². The third-order valence-electron chi connectivity index (χ3n) is 7.93. The highest BCUT2D eigenvalue weighted by Gasteiger charge is 2.38. The van der Waals surface area contributed by atoms with E-state index in [0.29, 0.717) is 37.2 Å². The zero-order valence-corrected chi connectivity index (χ0v) is 28.3. The van der Waals surface area contributed by atoms with Gasteiger partial charge in [-0.25, -0.2) is 4.79 Å². The van der Waals surface area contributed by atoms with Gasteiger partial charge in [-0.2, -0.15) is 11.8 Å². The fourth-order valence-electron chi connectivity index (χ4n) is 5.50. The lowest BCUT2D eigenvalue weighted by Crippen LogP contribution is -2.53. The number of likely N-dealkylation sites (tertiary alicyclic amines) is 1. The number of amides is 2. The van der Waals surface area contributed by atoms with Crippen molar-refractivity contribution < 1.29 is 23.9 Å². The molecular weight excluding hydrogens is 598 g/mol. The zero-order valence-electron chi connectivity index (χ0n) is 27.5. The summed E-state index contributed by atoms with van der Waals surface area (Å²) in [5.74, 6) is 0.879. The summed E-state index contributed by atoms with van der Waals surface area (Å²) in [4.78, 5) is 41.7. The van der Waals surface area contributed by atoms with Crippen molar-refractivity contribution in [1.82, 2.24) is 15.5 Å². The van der Waals surface area contributed by atoms with Crippen LogP contribution in [-0.4, -0.2) is 71.9 Å². The Morgan fingerprint density at radius 3 is 2.22 bits per heavy atom. The van der Waals surface area contributed by atoms with Crippen molar-refractivity contribution in [1.29, 1.82) is 0 Å². The van der Waals surface area contributed by atoms with Crippen molar-refractivity contribution in [2.45, 2.75) is 81.7 Å². The van der Waals surface area contributed by atoms with Gasteiger partial charge in [0.15, 0.2) is 0 Å². The van der Waals surface area contributed by atoms with Crippen molar-refractivity contribution >= 4 is 29.5 Å². The van der Waals surface area contributed by atoms with Gasteiger partial charge >= 0.3 is 5.97 Å². The summed E-state index contributed by atoms with van der Waals surface area (Å²) in [5, 5.41) is 6.69. The van der Waals surface area contributed by atoms with Crippen molar-refractivity contribution in [2.24, 2.45) is 0 Å². The second-order valence-corrected chi connectivity index (χ2v) is 13.9. The van der Waals surface area contributed by atoms with Gasteiger partial charge in [-0.15, -0.1) is 0 Å². The van der Waals surface area contributed by atoms with E-state index in [4.69, 9.17) is 9.47 Å². The van der Waals surface area contributed by atoms with Gasteiger partial charge in [0.05, 0.1) is 13.2 Å². The molecule has 0 saturated carbocycles. The van der Waals surface area contributed by atoms with Gasteiger partial charge in [-0.3, -0.25) is 9.59 Å². The molecule has 2 N–H and O–H groups in total. The Morgan fingerprint density at radius 2 is 1.59 bits per heavy atom. The van der Waals surface area contributed by atoms with Crippen LogP contribution in [-0.2, 0) is 26.5 Å². The summed E-state index contributed by atoms with van der Waals surface area (Å²) in [6, 6.07) is 26.0. The van der Waals surface area contributed by atoms with Crippen molar-refractivity contribution in [3.63, 3.8) is 0 Å². The van der Waals surface area contributed by atoms with E-state index in [2.05, 4.69) is 22.8 Å². The largest absolute Gasteiger partial charge is 0.497 e. The van der Waals surface area contributed by atoms with Crippen LogP contribution in [0, 0.1) is 0 Å². The second-order valence-electron chi connectivity index (χ2n) is 12.7. The summed E-state index contributed by atoms with van der Waals surface area (Å²) in [5.41, 5.74) is 2.21. The average Bonchev–Trinajstić information content (AvgIpc) is 3.55. The number of benzene rings is 3. The first kappa shape index (κ1) is 35.0. The van der Waals surface area contributed by atoms with Gasteiger partial charge in [-0.1, -0.05) is 60.7 Å². The number of hydrogen-bond donors (Lipinski definition) is 2. The van der Waals surface area contributed by atoms with Gasteiger partial charge in [-0.05, 0) is 82.3 Å². The van der Waals surface area contributed by atoms with Crippen LogP contribution >= 0.6 is 11.8 Å². The van der Waals surface area contributed by atoms with E-state index in [9.17, 15) is 14.4 Å². The molecule has 4 rings (SSSR count). The Morgan fingerprint density at radius 1 is 0.935 bits per heavy atom. The van der Waals surface area contributed by atoms with Crippen LogP contribution in [0.1, 0.15) is 62.0 Å². The molecule has 1 saturated heterocycles. The molecule has 246 valence electrons. The second kappa shape index (κ2) is 16.7. The number of thioether (sulfide) groups is 1. The summed E-state index contributed by atoms with van der Waals surface area (Å²) in [6.45, 7) is 8.33. The molecule has 1 aliphatic rings. The highest BCUT2D eigenvalue weighted by Crippen LogP contribution is 2.26.